The molecule has 2 aromatic heterocycles. The molecular formula is C29H29F4N5O2. The van der Waals surface area contributed by atoms with Crippen molar-refractivity contribution in [1.29, 1.82) is 0 Å². The van der Waals surface area contributed by atoms with Gasteiger partial charge in [0.15, 0.2) is 0 Å². The van der Waals surface area contributed by atoms with E-state index in [2.05, 4.69) is 20.9 Å². The van der Waals surface area contributed by atoms with Crippen molar-refractivity contribution in [2.24, 2.45) is 5.41 Å². The Hall–Kier alpha value is -4.02. The zero-order chi connectivity index (χ0) is 28.7. The molecule has 0 atom stereocenters. The van der Waals surface area contributed by atoms with Gasteiger partial charge in [0.25, 0.3) is 0 Å². The van der Waals surface area contributed by atoms with E-state index in [4.69, 9.17) is 4.98 Å². The van der Waals surface area contributed by atoms with E-state index in [0.29, 0.717) is 28.6 Å². The monoisotopic (exact) mass is 555 g/mol. The molecule has 0 unspecified atom stereocenters. The lowest BCUT2D eigenvalue weighted by Crippen LogP contribution is -2.34. The number of amides is 3. The van der Waals surface area contributed by atoms with Gasteiger partial charge in [0.2, 0.25) is 5.91 Å². The van der Waals surface area contributed by atoms with Crippen molar-refractivity contribution in [2.75, 3.05) is 17.2 Å². The van der Waals surface area contributed by atoms with Crippen molar-refractivity contribution in [3.63, 3.8) is 0 Å². The summed E-state index contributed by atoms with van der Waals surface area (Å²) in [5, 5.41) is 7.53. The van der Waals surface area contributed by atoms with Gasteiger partial charge in [-0.3, -0.25) is 9.78 Å². The van der Waals surface area contributed by atoms with E-state index in [1.807, 2.05) is 12.1 Å². The smallest absolute Gasteiger partial charge is 0.338 e. The van der Waals surface area contributed by atoms with E-state index in [1.165, 1.54) is 19.1 Å². The number of hydrogen-bond donors (Lipinski definition) is 3. The van der Waals surface area contributed by atoms with Crippen LogP contribution in [-0.4, -0.2) is 34.6 Å². The number of pyridine rings is 2. The molecule has 210 valence electrons. The molecule has 2 fully saturated rings. The van der Waals surface area contributed by atoms with Gasteiger partial charge in [0, 0.05) is 36.8 Å². The molecule has 7 nitrogen and oxygen atoms in total. The summed E-state index contributed by atoms with van der Waals surface area (Å²) in [4.78, 5) is 32.9. The van der Waals surface area contributed by atoms with Crippen LogP contribution in [0.5, 0.6) is 0 Å². The zero-order valence-corrected chi connectivity index (χ0v) is 22.1. The third-order valence-corrected chi connectivity index (χ3v) is 7.42. The molecule has 0 aliphatic heterocycles. The van der Waals surface area contributed by atoms with Crippen molar-refractivity contribution in [2.45, 2.75) is 58.0 Å². The molecule has 2 aliphatic carbocycles. The fraction of sp³-hybridized carbons (Fsp3) is 0.379. The number of hydrogen-bond acceptors (Lipinski definition) is 4. The van der Waals surface area contributed by atoms with Gasteiger partial charge in [-0.15, -0.1) is 0 Å². The topological polar surface area (TPSA) is 96.0 Å². The number of urea groups is 1. The first kappa shape index (κ1) is 27.5. The van der Waals surface area contributed by atoms with E-state index in [0.717, 1.165) is 29.7 Å². The summed E-state index contributed by atoms with van der Waals surface area (Å²) in [6.45, 7) is 2.98. The fourth-order valence-electron chi connectivity index (χ4n) is 4.77. The fourth-order valence-corrected chi connectivity index (χ4v) is 4.77. The van der Waals surface area contributed by atoms with Crippen LogP contribution in [0.25, 0.3) is 22.4 Å². The van der Waals surface area contributed by atoms with Crippen LogP contribution in [0.15, 0.2) is 42.6 Å². The van der Waals surface area contributed by atoms with E-state index >= 15 is 0 Å². The number of rotatable bonds is 8. The highest BCUT2D eigenvalue weighted by molar-refractivity contribution is 5.91. The Labute approximate surface area is 228 Å². The second-order valence-electron chi connectivity index (χ2n) is 10.6. The highest BCUT2D eigenvalue weighted by Crippen LogP contribution is 2.59. The highest BCUT2D eigenvalue weighted by Gasteiger charge is 2.62. The van der Waals surface area contributed by atoms with Gasteiger partial charge < -0.3 is 16.0 Å². The maximum atomic E-state index is 14.8. The highest BCUT2D eigenvalue weighted by atomic mass is 19.4. The van der Waals surface area contributed by atoms with E-state index in [-0.39, 0.29) is 37.4 Å². The van der Waals surface area contributed by atoms with Crippen molar-refractivity contribution in [1.82, 2.24) is 15.3 Å². The minimum Gasteiger partial charge on any atom is -0.338 e. The molecule has 0 bridgehead atoms. The van der Waals surface area contributed by atoms with E-state index in [9.17, 15) is 27.2 Å². The Bertz CT molecular complexity index is 1470. The second kappa shape index (κ2) is 10.5. The molecule has 0 saturated heterocycles. The minimum absolute atomic E-state index is 0.0561. The molecule has 11 heteroatoms. The number of aromatic nitrogens is 2. The number of alkyl halides is 3. The first-order chi connectivity index (χ1) is 18.9. The standard InChI is InChI=1S/C29H29F4N5O2/c1-16-11-22(30)25(38-27(40)35-10-8-28(6-7-28)29(31,32)33)15-21(16)20-12-23(18-3-4-18)37-24(13-20)19-5-9-34-26(14-19)36-17(2)39/h5,9,11-15,18H,3-4,6-8,10H2,1-2H3,(H,34,36,39)(H2,35,38,40). The van der Waals surface area contributed by atoms with Crippen LogP contribution in [0.4, 0.5) is 33.9 Å². The largest absolute Gasteiger partial charge is 0.394 e. The summed E-state index contributed by atoms with van der Waals surface area (Å²) in [7, 11) is 0. The van der Waals surface area contributed by atoms with E-state index < -0.39 is 23.4 Å². The SMILES string of the molecule is CC(=O)Nc1cc(-c2cc(-c3cc(NC(=O)NCCC4(C(F)(F)F)CC4)c(F)cc3C)cc(C3CC3)n2)ccn1. The van der Waals surface area contributed by atoms with Crippen molar-refractivity contribution >= 4 is 23.4 Å². The number of halogens is 4. The molecule has 1 aromatic carbocycles. The lowest BCUT2D eigenvalue weighted by Gasteiger charge is -2.19. The Kier molecular flexibility index (Phi) is 7.24. The normalized spacial score (nSPS) is 15.8. The summed E-state index contributed by atoms with van der Waals surface area (Å²) in [6.07, 6.45) is -0.805. The average Bonchev–Trinajstić information content (AvgIpc) is 3.79. The molecule has 0 radical (unpaired) electrons. The number of carbonyl (C=O) groups is 2. The molecule has 3 aromatic rings. The summed E-state index contributed by atoms with van der Waals surface area (Å²) in [6, 6.07) is 9.38. The van der Waals surface area contributed by atoms with Crippen molar-refractivity contribution < 1.29 is 27.2 Å². The predicted octanol–water partition coefficient (Wildman–Crippen LogP) is 6.95. The lowest BCUT2D eigenvalue weighted by atomic mass is 9.97. The van der Waals surface area contributed by atoms with Gasteiger partial charge in [-0.05, 0) is 92.1 Å². The second-order valence-corrected chi connectivity index (χ2v) is 10.6. The number of nitrogens with one attached hydrogen (secondary N) is 3. The Morgan fingerprint density at radius 3 is 2.45 bits per heavy atom. The van der Waals surface area contributed by atoms with Crippen LogP contribution in [0, 0.1) is 18.2 Å². The van der Waals surface area contributed by atoms with Crippen molar-refractivity contribution in [3.8, 4) is 22.4 Å². The molecule has 2 heterocycles. The molecule has 3 amide bonds. The van der Waals surface area contributed by atoms with Gasteiger partial charge >= 0.3 is 12.2 Å². The quantitative estimate of drug-likeness (QED) is 0.262. The van der Waals surface area contributed by atoms with Gasteiger partial charge in [0.05, 0.1) is 16.8 Å². The molecular weight excluding hydrogens is 526 g/mol. The molecule has 2 aliphatic rings. The number of benzene rings is 1. The third-order valence-electron chi connectivity index (χ3n) is 7.42. The summed E-state index contributed by atoms with van der Waals surface area (Å²) in [5.41, 5.74) is 2.56. The van der Waals surface area contributed by atoms with Gasteiger partial charge in [-0.25, -0.2) is 14.2 Å². The first-order valence-electron chi connectivity index (χ1n) is 13.1. The Morgan fingerprint density at radius 1 is 1.05 bits per heavy atom. The third kappa shape index (κ3) is 6.08. The minimum atomic E-state index is -4.30. The first-order valence-corrected chi connectivity index (χ1v) is 13.1. The van der Waals surface area contributed by atoms with E-state index in [1.54, 1.807) is 25.3 Å². The van der Waals surface area contributed by atoms with Crippen LogP contribution in [0.3, 0.4) is 0 Å². The van der Waals surface area contributed by atoms with Crippen LogP contribution >= 0.6 is 0 Å². The molecule has 40 heavy (non-hydrogen) atoms. The number of nitrogens with zero attached hydrogens (tertiary/aromatic N) is 2. The maximum absolute atomic E-state index is 14.8. The molecule has 5 rings (SSSR count). The maximum Gasteiger partial charge on any atom is 0.394 e. The zero-order valence-electron chi connectivity index (χ0n) is 22.1. The average molecular weight is 556 g/mol. The number of aryl methyl sites for hydroxylation is 1. The van der Waals surface area contributed by atoms with Crippen LogP contribution in [0.1, 0.15) is 56.2 Å². The van der Waals surface area contributed by atoms with Gasteiger partial charge in [-0.2, -0.15) is 13.2 Å². The van der Waals surface area contributed by atoms with Crippen LogP contribution in [-0.2, 0) is 4.79 Å². The Balaban J connectivity index is 1.39. The lowest BCUT2D eigenvalue weighted by molar-refractivity contribution is -0.188. The summed E-state index contributed by atoms with van der Waals surface area (Å²) < 4.78 is 54.3. The Morgan fingerprint density at radius 2 is 1.80 bits per heavy atom. The van der Waals surface area contributed by atoms with Gasteiger partial charge in [-0.1, -0.05) is 0 Å². The predicted molar refractivity (Wildman–Crippen MR) is 143 cm³/mol. The van der Waals surface area contributed by atoms with Crippen LogP contribution in [0.2, 0.25) is 0 Å². The van der Waals surface area contributed by atoms with Gasteiger partial charge in [0.1, 0.15) is 11.6 Å². The molecule has 3 N–H and O–H groups in total. The van der Waals surface area contributed by atoms with Crippen molar-refractivity contribution in [3.05, 3.63) is 59.7 Å². The molecule has 2 saturated carbocycles. The number of anilines is 2. The van der Waals surface area contributed by atoms with Crippen LogP contribution < -0.4 is 16.0 Å². The number of carbonyl (C=O) groups excluding carboxylic acids is 2. The summed E-state index contributed by atoms with van der Waals surface area (Å²) in [5.74, 6) is -0.200. The molecule has 0 spiro atoms. The summed E-state index contributed by atoms with van der Waals surface area (Å²) >= 11 is 0.